The summed E-state index contributed by atoms with van der Waals surface area (Å²) in [5.74, 6) is -0.484. The van der Waals surface area contributed by atoms with Crippen LogP contribution < -0.4 is 11.0 Å². The van der Waals surface area contributed by atoms with Gasteiger partial charge in [0.1, 0.15) is 5.82 Å². The van der Waals surface area contributed by atoms with E-state index in [1.807, 2.05) is 12.1 Å². The lowest BCUT2D eigenvalue weighted by Crippen LogP contribution is -2.01. The van der Waals surface area contributed by atoms with Crippen LogP contribution in [0.5, 0.6) is 0 Å². The van der Waals surface area contributed by atoms with E-state index in [4.69, 9.17) is 0 Å². The number of hydrogen-bond acceptors (Lipinski definition) is 1. The second-order valence-electron chi connectivity index (χ2n) is 2.82. The lowest BCUT2D eigenvalue weighted by atomic mass is 10.2. The molecule has 0 bridgehead atoms. The molecule has 4 heteroatoms. The number of nitrogens with two attached hydrogens (primary N) is 1. The van der Waals surface area contributed by atoms with E-state index in [9.17, 15) is 9.18 Å². The lowest BCUT2D eigenvalue weighted by molar-refractivity contribution is -0.115. The molecule has 0 saturated heterocycles. The van der Waals surface area contributed by atoms with E-state index in [1.54, 1.807) is 0 Å². The Morgan fingerprint density at radius 3 is 2.43 bits per heavy atom. The molecular formula is C10H15FNOP. The van der Waals surface area contributed by atoms with Gasteiger partial charge in [0, 0.05) is 12.2 Å². The van der Waals surface area contributed by atoms with E-state index in [1.165, 1.54) is 18.6 Å². The molecule has 0 aromatic heterocycles. The highest BCUT2D eigenvalue weighted by molar-refractivity contribution is 7.27. The Bertz CT molecular complexity index is 311. The minimum Gasteiger partial charge on any atom is -0.370 e. The third-order valence-electron chi connectivity index (χ3n) is 1.47. The second kappa shape index (κ2) is 6.50. The van der Waals surface area contributed by atoms with Crippen LogP contribution >= 0.6 is 9.24 Å². The highest BCUT2D eigenvalue weighted by Gasteiger charge is 1.95. The molecular weight excluding hydrogens is 200 g/mol. The molecule has 0 saturated carbocycles. The number of hydrogen-bond donors (Lipinski definition) is 1. The van der Waals surface area contributed by atoms with Crippen molar-refractivity contribution in [2.45, 2.75) is 20.3 Å². The number of primary amides is 1. The molecule has 0 fully saturated rings. The van der Waals surface area contributed by atoms with Crippen LogP contribution in [0.25, 0.3) is 0 Å². The molecule has 0 radical (unpaired) electrons. The quantitative estimate of drug-likeness (QED) is 0.706. The maximum atomic E-state index is 12.6. The van der Waals surface area contributed by atoms with Crippen molar-refractivity contribution in [2.24, 2.45) is 5.73 Å². The summed E-state index contributed by atoms with van der Waals surface area (Å²) in [6.07, 6.45) is 0.960. The molecule has 0 aliphatic heterocycles. The van der Waals surface area contributed by atoms with Gasteiger partial charge in [-0.3, -0.25) is 4.79 Å². The molecule has 1 aromatic rings. The van der Waals surface area contributed by atoms with Crippen molar-refractivity contribution < 1.29 is 9.18 Å². The molecule has 1 unspecified atom stereocenters. The molecule has 0 spiro atoms. The number of benzene rings is 1. The third kappa shape index (κ3) is 5.65. The number of amides is 1. The maximum Gasteiger partial charge on any atom is 0.214 e. The standard InChI is InChI=1S/C8H10FP.C2H5NO/c1-2-6-3-4-7(9)8(10)5-6;1-2(3)4/h3-5H,2,10H2,1H3;1H3,(H2,3,4). The Labute approximate surface area is 85.9 Å². The topological polar surface area (TPSA) is 43.1 Å². The van der Waals surface area contributed by atoms with Crippen LogP contribution in [-0.4, -0.2) is 5.91 Å². The highest BCUT2D eigenvalue weighted by Crippen LogP contribution is 2.03. The van der Waals surface area contributed by atoms with E-state index in [0.29, 0.717) is 5.30 Å². The molecule has 1 atom stereocenters. The summed E-state index contributed by atoms with van der Waals surface area (Å²) in [5.41, 5.74) is 5.64. The first-order valence-corrected chi connectivity index (χ1v) is 4.85. The largest absolute Gasteiger partial charge is 0.370 e. The monoisotopic (exact) mass is 215 g/mol. The van der Waals surface area contributed by atoms with Gasteiger partial charge in [-0.05, 0) is 24.1 Å². The number of rotatable bonds is 1. The van der Waals surface area contributed by atoms with Crippen molar-refractivity contribution in [1.82, 2.24) is 0 Å². The first-order valence-electron chi connectivity index (χ1n) is 4.27. The summed E-state index contributed by atoms with van der Waals surface area (Å²) >= 11 is 0. The van der Waals surface area contributed by atoms with Crippen molar-refractivity contribution in [3.05, 3.63) is 29.6 Å². The van der Waals surface area contributed by atoms with Gasteiger partial charge in [0.05, 0.1) is 0 Å². The van der Waals surface area contributed by atoms with Crippen molar-refractivity contribution in [3.8, 4) is 0 Å². The zero-order valence-electron chi connectivity index (χ0n) is 8.38. The van der Waals surface area contributed by atoms with Gasteiger partial charge in [0.15, 0.2) is 0 Å². The number of aryl methyl sites for hydroxylation is 1. The van der Waals surface area contributed by atoms with E-state index >= 15 is 0 Å². The summed E-state index contributed by atoms with van der Waals surface area (Å²) in [6.45, 7) is 3.36. The molecule has 1 rings (SSSR count). The first-order chi connectivity index (χ1) is 6.47. The summed E-state index contributed by atoms with van der Waals surface area (Å²) in [6, 6.07) is 5.16. The van der Waals surface area contributed by atoms with Crippen LogP contribution in [0.2, 0.25) is 0 Å². The average Bonchev–Trinajstić information content (AvgIpc) is 2.09. The fourth-order valence-corrected chi connectivity index (χ4v) is 1.12. The summed E-state index contributed by atoms with van der Waals surface area (Å²) in [7, 11) is 2.38. The Balaban J connectivity index is 0.000000364. The van der Waals surface area contributed by atoms with Gasteiger partial charge in [-0.2, -0.15) is 0 Å². The van der Waals surface area contributed by atoms with Crippen molar-refractivity contribution >= 4 is 20.5 Å². The molecule has 0 heterocycles. The van der Waals surface area contributed by atoms with Crippen LogP contribution in [0.1, 0.15) is 19.4 Å². The molecule has 78 valence electrons. The molecule has 1 amide bonds. The minimum atomic E-state index is -0.333. The zero-order chi connectivity index (χ0) is 11.1. The Morgan fingerprint density at radius 1 is 1.57 bits per heavy atom. The molecule has 1 aromatic carbocycles. The van der Waals surface area contributed by atoms with Crippen molar-refractivity contribution in [3.63, 3.8) is 0 Å². The number of halogens is 1. The van der Waals surface area contributed by atoms with Gasteiger partial charge in [0.25, 0.3) is 0 Å². The molecule has 2 N–H and O–H groups in total. The minimum absolute atomic E-state index is 0.151. The normalized spacial score (nSPS) is 8.86. The molecule has 2 nitrogen and oxygen atoms in total. The van der Waals surface area contributed by atoms with Crippen LogP contribution in [0, 0.1) is 5.82 Å². The SMILES string of the molecule is CC(N)=O.CCc1ccc(F)c(P)c1. The Kier molecular flexibility index (Phi) is 6.06. The van der Waals surface area contributed by atoms with E-state index in [0.717, 1.165) is 6.42 Å². The van der Waals surface area contributed by atoms with Gasteiger partial charge in [0.2, 0.25) is 5.91 Å². The smallest absolute Gasteiger partial charge is 0.214 e. The first kappa shape index (κ1) is 13.1. The van der Waals surface area contributed by atoms with Crippen molar-refractivity contribution in [1.29, 1.82) is 0 Å². The van der Waals surface area contributed by atoms with Gasteiger partial charge < -0.3 is 5.73 Å². The van der Waals surface area contributed by atoms with Gasteiger partial charge in [-0.1, -0.05) is 13.0 Å². The Hall–Kier alpha value is -0.950. The zero-order valence-corrected chi connectivity index (χ0v) is 9.53. The van der Waals surface area contributed by atoms with Crippen LogP contribution in [0.4, 0.5) is 4.39 Å². The molecule has 14 heavy (non-hydrogen) atoms. The summed E-state index contributed by atoms with van der Waals surface area (Å²) in [5, 5.41) is 0.652. The maximum absolute atomic E-state index is 12.6. The lowest BCUT2D eigenvalue weighted by Gasteiger charge is -1.98. The second-order valence-corrected chi connectivity index (χ2v) is 3.44. The van der Waals surface area contributed by atoms with E-state index in [-0.39, 0.29) is 11.7 Å². The predicted octanol–water partition coefficient (Wildman–Crippen LogP) is 1.38. The summed E-state index contributed by atoms with van der Waals surface area (Å²) in [4.78, 5) is 9.22. The van der Waals surface area contributed by atoms with Gasteiger partial charge >= 0.3 is 0 Å². The Morgan fingerprint density at radius 2 is 2.07 bits per heavy atom. The van der Waals surface area contributed by atoms with Crippen molar-refractivity contribution in [2.75, 3.05) is 0 Å². The average molecular weight is 215 g/mol. The van der Waals surface area contributed by atoms with Crippen LogP contribution in [0.15, 0.2) is 18.2 Å². The van der Waals surface area contributed by atoms with Crippen LogP contribution in [0.3, 0.4) is 0 Å². The van der Waals surface area contributed by atoms with E-state index in [2.05, 4.69) is 21.9 Å². The highest BCUT2D eigenvalue weighted by atomic mass is 31.0. The summed E-state index contributed by atoms with van der Waals surface area (Å²) < 4.78 is 12.6. The van der Waals surface area contributed by atoms with Gasteiger partial charge in [-0.25, -0.2) is 4.39 Å². The number of carbonyl (C=O) groups excluding carboxylic acids is 1. The predicted molar refractivity (Wildman–Crippen MR) is 60.0 cm³/mol. The third-order valence-corrected chi connectivity index (χ3v) is 1.91. The molecule has 0 aliphatic carbocycles. The van der Waals surface area contributed by atoms with Gasteiger partial charge in [-0.15, -0.1) is 9.24 Å². The van der Waals surface area contributed by atoms with E-state index < -0.39 is 0 Å². The fourth-order valence-electron chi connectivity index (χ4n) is 0.813. The molecule has 0 aliphatic rings. The fraction of sp³-hybridized carbons (Fsp3) is 0.300. The van der Waals surface area contributed by atoms with Crippen LogP contribution in [-0.2, 0) is 11.2 Å². The number of carbonyl (C=O) groups is 1.